The van der Waals surface area contributed by atoms with E-state index in [4.69, 9.17) is 26.7 Å². The molecule has 2 rings (SSSR count). The Labute approximate surface area is 115 Å². The van der Waals surface area contributed by atoms with Gasteiger partial charge in [-0.15, -0.1) is 0 Å². The van der Waals surface area contributed by atoms with Gasteiger partial charge in [0.25, 0.3) is 0 Å². The summed E-state index contributed by atoms with van der Waals surface area (Å²) in [4.78, 5) is 3.83. The Kier molecular flexibility index (Phi) is 4.35. The first kappa shape index (κ1) is 13.3. The number of nitrogens with zero attached hydrogens (tertiary/aromatic N) is 2. The predicted octanol–water partition coefficient (Wildman–Crippen LogP) is 2.93. The molecule has 0 atom stereocenters. The molecule has 19 heavy (non-hydrogen) atoms. The van der Waals surface area contributed by atoms with Crippen LogP contribution in [-0.4, -0.2) is 16.7 Å². The summed E-state index contributed by atoms with van der Waals surface area (Å²) in [7, 11) is 0. The molecule has 96 valence electrons. The molecule has 1 N–H and O–H groups in total. The van der Waals surface area contributed by atoms with Crippen LogP contribution in [0.5, 0.6) is 11.5 Å². The monoisotopic (exact) mass is 274 g/mol. The standard InChI is InChI=1S/C14H11ClN2O2/c15-14-12(9-16)13(5-7-17-14)19-11-3-1-10(2-4-11)6-8-18/h1-5,7,18H,6,8H2. The van der Waals surface area contributed by atoms with E-state index in [0.29, 0.717) is 17.9 Å². The average molecular weight is 275 g/mol. The van der Waals surface area contributed by atoms with Gasteiger partial charge in [0, 0.05) is 18.9 Å². The molecule has 0 spiro atoms. The number of aromatic nitrogens is 1. The number of halogens is 1. The highest BCUT2D eigenvalue weighted by Gasteiger charge is 2.09. The Balaban J connectivity index is 2.22. The molecule has 0 bridgehead atoms. The van der Waals surface area contributed by atoms with Gasteiger partial charge >= 0.3 is 0 Å². The van der Waals surface area contributed by atoms with Gasteiger partial charge in [-0.1, -0.05) is 23.7 Å². The Bertz CT molecular complexity index is 606. The molecule has 0 aliphatic rings. The fourth-order valence-electron chi connectivity index (χ4n) is 1.59. The quantitative estimate of drug-likeness (QED) is 0.871. The van der Waals surface area contributed by atoms with E-state index in [9.17, 15) is 0 Å². The molecule has 0 fully saturated rings. The molecule has 1 aromatic carbocycles. The number of nitriles is 1. The lowest BCUT2D eigenvalue weighted by Crippen LogP contribution is -1.93. The van der Waals surface area contributed by atoms with Crippen molar-refractivity contribution in [3.05, 3.63) is 52.8 Å². The summed E-state index contributed by atoms with van der Waals surface area (Å²) >= 11 is 5.82. The number of ether oxygens (including phenoxy) is 1. The summed E-state index contributed by atoms with van der Waals surface area (Å²) in [5.41, 5.74) is 1.23. The van der Waals surface area contributed by atoms with Crippen LogP contribution >= 0.6 is 11.6 Å². The minimum absolute atomic E-state index is 0.110. The first-order valence-corrected chi connectivity index (χ1v) is 6.04. The van der Waals surface area contributed by atoms with Crippen molar-refractivity contribution in [2.24, 2.45) is 0 Å². The second kappa shape index (κ2) is 6.19. The molecular weight excluding hydrogens is 264 g/mol. The summed E-state index contributed by atoms with van der Waals surface area (Å²) in [6.45, 7) is 0.110. The number of pyridine rings is 1. The molecule has 0 amide bonds. The van der Waals surface area contributed by atoms with Crippen molar-refractivity contribution in [3.63, 3.8) is 0 Å². The van der Waals surface area contributed by atoms with Crippen LogP contribution < -0.4 is 4.74 Å². The Morgan fingerprint density at radius 2 is 2.00 bits per heavy atom. The number of benzene rings is 1. The van der Waals surface area contributed by atoms with Gasteiger partial charge in [0.05, 0.1) is 0 Å². The van der Waals surface area contributed by atoms with Crippen molar-refractivity contribution in [2.75, 3.05) is 6.61 Å². The van der Waals surface area contributed by atoms with Crippen LogP contribution in [0, 0.1) is 11.3 Å². The highest BCUT2D eigenvalue weighted by molar-refractivity contribution is 6.30. The summed E-state index contributed by atoms with van der Waals surface area (Å²) in [6.07, 6.45) is 2.09. The van der Waals surface area contributed by atoms with E-state index in [-0.39, 0.29) is 17.3 Å². The van der Waals surface area contributed by atoms with Gasteiger partial charge in [0.1, 0.15) is 23.1 Å². The van der Waals surface area contributed by atoms with Crippen LogP contribution in [0.25, 0.3) is 0 Å². The number of hydrogen-bond acceptors (Lipinski definition) is 4. The lowest BCUT2D eigenvalue weighted by molar-refractivity contribution is 0.299. The van der Waals surface area contributed by atoms with Gasteiger partial charge in [-0.25, -0.2) is 4.98 Å². The molecule has 0 aliphatic carbocycles. The van der Waals surface area contributed by atoms with E-state index < -0.39 is 0 Å². The van der Waals surface area contributed by atoms with Crippen molar-refractivity contribution < 1.29 is 9.84 Å². The zero-order valence-electron chi connectivity index (χ0n) is 10.0. The third-order valence-electron chi connectivity index (χ3n) is 2.53. The second-order valence-electron chi connectivity index (χ2n) is 3.81. The van der Waals surface area contributed by atoms with E-state index >= 15 is 0 Å². The highest BCUT2D eigenvalue weighted by atomic mass is 35.5. The Morgan fingerprint density at radius 3 is 2.63 bits per heavy atom. The summed E-state index contributed by atoms with van der Waals surface area (Å²) in [6, 6.07) is 10.8. The van der Waals surface area contributed by atoms with Gasteiger partial charge in [-0.3, -0.25) is 0 Å². The zero-order chi connectivity index (χ0) is 13.7. The second-order valence-corrected chi connectivity index (χ2v) is 4.16. The van der Waals surface area contributed by atoms with E-state index in [1.165, 1.54) is 6.20 Å². The van der Waals surface area contributed by atoms with Crippen LogP contribution in [0.15, 0.2) is 36.5 Å². The van der Waals surface area contributed by atoms with Crippen LogP contribution in [0.1, 0.15) is 11.1 Å². The topological polar surface area (TPSA) is 66.1 Å². The molecule has 2 aromatic rings. The minimum Gasteiger partial charge on any atom is -0.456 e. The van der Waals surface area contributed by atoms with Gasteiger partial charge < -0.3 is 9.84 Å². The van der Waals surface area contributed by atoms with Crippen LogP contribution in [-0.2, 0) is 6.42 Å². The third-order valence-corrected chi connectivity index (χ3v) is 2.82. The molecular formula is C14H11ClN2O2. The van der Waals surface area contributed by atoms with Gasteiger partial charge in [0.15, 0.2) is 5.15 Å². The fraction of sp³-hybridized carbons (Fsp3) is 0.143. The molecule has 0 saturated carbocycles. The Hall–Kier alpha value is -2.09. The Morgan fingerprint density at radius 1 is 1.26 bits per heavy atom. The van der Waals surface area contributed by atoms with Crippen LogP contribution in [0.4, 0.5) is 0 Å². The molecule has 0 saturated heterocycles. The van der Waals surface area contributed by atoms with Gasteiger partial charge in [-0.2, -0.15) is 5.26 Å². The molecule has 5 heteroatoms. The maximum absolute atomic E-state index is 9.01. The molecule has 0 radical (unpaired) electrons. The molecule has 4 nitrogen and oxygen atoms in total. The SMILES string of the molecule is N#Cc1c(Oc2ccc(CCO)cc2)ccnc1Cl. The lowest BCUT2D eigenvalue weighted by Gasteiger charge is -2.08. The van der Waals surface area contributed by atoms with E-state index in [2.05, 4.69) is 4.98 Å². The van der Waals surface area contributed by atoms with E-state index in [1.807, 2.05) is 18.2 Å². The summed E-state index contributed by atoms with van der Waals surface area (Å²) in [5, 5.41) is 18.0. The van der Waals surface area contributed by atoms with Crippen LogP contribution in [0.2, 0.25) is 5.15 Å². The maximum atomic E-state index is 9.01. The van der Waals surface area contributed by atoms with Gasteiger partial charge in [-0.05, 0) is 24.1 Å². The van der Waals surface area contributed by atoms with Crippen molar-refractivity contribution in [3.8, 4) is 17.6 Å². The largest absolute Gasteiger partial charge is 0.456 e. The van der Waals surface area contributed by atoms with Crippen molar-refractivity contribution in [2.45, 2.75) is 6.42 Å². The summed E-state index contributed by atoms with van der Waals surface area (Å²) in [5.74, 6) is 0.970. The number of hydrogen-bond donors (Lipinski definition) is 1. The van der Waals surface area contributed by atoms with Crippen LogP contribution in [0.3, 0.4) is 0 Å². The molecule has 1 heterocycles. The fourth-order valence-corrected chi connectivity index (χ4v) is 1.78. The van der Waals surface area contributed by atoms with Gasteiger partial charge in [0.2, 0.25) is 0 Å². The van der Waals surface area contributed by atoms with Crippen molar-refractivity contribution in [1.29, 1.82) is 5.26 Å². The number of rotatable bonds is 4. The first-order valence-electron chi connectivity index (χ1n) is 5.67. The summed E-state index contributed by atoms with van der Waals surface area (Å²) < 4.78 is 5.60. The third kappa shape index (κ3) is 3.22. The predicted molar refractivity (Wildman–Crippen MR) is 71.3 cm³/mol. The normalized spacial score (nSPS) is 9.95. The smallest absolute Gasteiger partial charge is 0.150 e. The molecule has 0 unspecified atom stereocenters. The van der Waals surface area contributed by atoms with Crippen molar-refractivity contribution >= 4 is 11.6 Å². The van der Waals surface area contributed by atoms with E-state index in [0.717, 1.165) is 5.56 Å². The zero-order valence-corrected chi connectivity index (χ0v) is 10.8. The maximum Gasteiger partial charge on any atom is 0.150 e. The minimum atomic E-state index is 0.110. The van der Waals surface area contributed by atoms with E-state index in [1.54, 1.807) is 18.2 Å². The highest BCUT2D eigenvalue weighted by Crippen LogP contribution is 2.28. The molecule has 0 aliphatic heterocycles. The first-order chi connectivity index (χ1) is 9.24. The number of aliphatic hydroxyl groups is 1. The number of aliphatic hydroxyl groups excluding tert-OH is 1. The van der Waals surface area contributed by atoms with Crippen molar-refractivity contribution in [1.82, 2.24) is 4.98 Å². The average Bonchev–Trinajstić information content (AvgIpc) is 2.42. The lowest BCUT2D eigenvalue weighted by atomic mass is 10.1. The molecule has 1 aromatic heterocycles.